The van der Waals surface area contributed by atoms with E-state index in [1.54, 1.807) is 0 Å². The van der Waals surface area contributed by atoms with Crippen molar-refractivity contribution in [3.05, 3.63) is 35.1 Å². The number of aromatic nitrogens is 3. The summed E-state index contributed by atoms with van der Waals surface area (Å²) in [6.07, 6.45) is -0.00525. The van der Waals surface area contributed by atoms with Crippen molar-refractivity contribution in [3.8, 4) is 17.4 Å². The number of ether oxygens (including phenoxy) is 1. The van der Waals surface area contributed by atoms with Gasteiger partial charge in [0, 0.05) is 5.56 Å². The van der Waals surface area contributed by atoms with Crippen molar-refractivity contribution >= 4 is 11.6 Å². The zero-order chi connectivity index (χ0) is 13.1. The fourth-order valence-corrected chi connectivity index (χ4v) is 1.58. The second-order valence-corrected chi connectivity index (χ2v) is 4.58. The monoisotopic (exact) mass is 263 g/mol. The quantitative estimate of drug-likeness (QED) is 0.853. The third-order valence-electron chi connectivity index (χ3n) is 2.24. The Balaban J connectivity index is 2.38. The van der Waals surface area contributed by atoms with Crippen LogP contribution in [0.25, 0.3) is 11.4 Å². The van der Waals surface area contributed by atoms with E-state index in [0.717, 1.165) is 5.56 Å². The number of halogens is 1. The van der Waals surface area contributed by atoms with Gasteiger partial charge in [0.2, 0.25) is 5.28 Å². The van der Waals surface area contributed by atoms with E-state index < -0.39 is 0 Å². The first kappa shape index (κ1) is 12.8. The smallest absolute Gasteiger partial charge is 0.321 e. The predicted octanol–water partition coefficient (Wildman–Crippen LogP) is 3.29. The zero-order valence-corrected chi connectivity index (χ0v) is 11.3. The maximum Gasteiger partial charge on any atom is 0.321 e. The summed E-state index contributed by atoms with van der Waals surface area (Å²) < 4.78 is 5.43. The Morgan fingerprint density at radius 2 is 1.72 bits per heavy atom. The molecule has 2 rings (SSSR count). The zero-order valence-electron chi connectivity index (χ0n) is 10.5. The summed E-state index contributed by atoms with van der Waals surface area (Å²) in [6, 6.07) is 8.13. The Morgan fingerprint density at radius 1 is 1.06 bits per heavy atom. The van der Waals surface area contributed by atoms with Crippen molar-refractivity contribution in [1.29, 1.82) is 0 Å². The molecule has 5 heteroatoms. The first-order valence-corrected chi connectivity index (χ1v) is 6.07. The second-order valence-electron chi connectivity index (χ2n) is 4.24. The Hall–Kier alpha value is -1.68. The fourth-order valence-electron chi connectivity index (χ4n) is 1.43. The third-order valence-corrected chi connectivity index (χ3v) is 2.41. The molecule has 0 amide bonds. The largest absolute Gasteiger partial charge is 0.461 e. The molecular weight excluding hydrogens is 250 g/mol. The molecule has 1 aromatic heterocycles. The minimum absolute atomic E-state index is 0.00525. The highest BCUT2D eigenvalue weighted by molar-refractivity contribution is 6.28. The summed E-state index contributed by atoms with van der Waals surface area (Å²) in [5.74, 6) is 0.519. The summed E-state index contributed by atoms with van der Waals surface area (Å²) >= 11 is 5.87. The molecule has 18 heavy (non-hydrogen) atoms. The molecule has 0 aliphatic carbocycles. The summed E-state index contributed by atoms with van der Waals surface area (Å²) in [4.78, 5) is 12.3. The van der Waals surface area contributed by atoms with Crippen LogP contribution >= 0.6 is 11.6 Å². The van der Waals surface area contributed by atoms with E-state index in [-0.39, 0.29) is 17.4 Å². The highest BCUT2D eigenvalue weighted by atomic mass is 35.5. The molecule has 0 saturated carbocycles. The van der Waals surface area contributed by atoms with Gasteiger partial charge in [-0.05, 0) is 32.4 Å². The normalized spacial score (nSPS) is 10.7. The molecule has 0 atom stereocenters. The summed E-state index contributed by atoms with van der Waals surface area (Å²) in [7, 11) is 0. The van der Waals surface area contributed by atoms with Crippen LogP contribution in [0.5, 0.6) is 6.01 Å². The van der Waals surface area contributed by atoms with Gasteiger partial charge in [0.15, 0.2) is 5.82 Å². The molecule has 0 aliphatic heterocycles. The van der Waals surface area contributed by atoms with E-state index in [0.29, 0.717) is 5.82 Å². The summed E-state index contributed by atoms with van der Waals surface area (Å²) in [5.41, 5.74) is 2.07. The van der Waals surface area contributed by atoms with E-state index in [4.69, 9.17) is 16.3 Å². The van der Waals surface area contributed by atoms with Gasteiger partial charge >= 0.3 is 6.01 Å². The Kier molecular flexibility index (Phi) is 3.77. The lowest BCUT2D eigenvalue weighted by atomic mass is 10.1. The molecule has 94 valence electrons. The minimum Gasteiger partial charge on any atom is -0.461 e. The topological polar surface area (TPSA) is 47.9 Å². The van der Waals surface area contributed by atoms with Crippen LogP contribution in [0.4, 0.5) is 0 Å². The van der Waals surface area contributed by atoms with Crippen LogP contribution < -0.4 is 4.74 Å². The molecule has 0 spiro atoms. The first-order valence-electron chi connectivity index (χ1n) is 5.70. The SMILES string of the molecule is Cc1ccc(-c2nc(Cl)nc(OC(C)C)n2)cc1. The lowest BCUT2D eigenvalue weighted by Gasteiger charge is -2.08. The molecule has 4 nitrogen and oxygen atoms in total. The van der Waals surface area contributed by atoms with Gasteiger partial charge in [0.1, 0.15) is 0 Å². The van der Waals surface area contributed by atoms with Gasteiger partial charge in [-0.25, -0.2) is 0 Å². The Labute approximate surface area is 111 Å². The number of hydrogen-bond acceptors (Lipinski definition) is 4. The van der Waals surface area contributed by atoms with Gasteiger partial charge < -0.3 is 4.74 Å². The molecule has 0 saturated heterocycles. The molecule has 0 bridgehead atoms. The maximum absolute atomic E-state index is 5.87. The van der Waals surface area contributed by atoms with Gasteiger partial charge in [0.25, 0.3) is 0 Å². The molecule has 0 fully saturated rings. The van der Waals surface area contributed by atoms with Crippen molar-refractivity contribution in [3.63, 3.8) is 0 Å². The number of hydrogen-bond donors (Lipinski definition) is 0. The number of rotatable bonds is 3. The minimum atomic E-state index is -0.00525. The lowest BCUT2D eigenvalue weighted by Crippen LogP contribution is -2.09. The van der Waals surface area contributed by atoms with Crippen molar-refractivity contribution in [1.82, 2.24) is 15.0 Å². The Morgan fingerprint density at radius 3 is 2.33 bits per heavy atom. The third kappa shape index (κ3) is 3.17. The lowest BCUT2D eigenvalue weighted by molar-refractivity contribution is 0.222. The van der Waals surface area contributed by atoms with E-state index in [1.165, 1.54) is 5.56 Å². The van der Waals surface area contributed by atoms with Crippen molar-refractivity contribution < 1.29 is 4.74 Å². The van der Waals surface area contributed by atoms with Gasteiger partial charge in [0.05, 0.1) is 6.10 Å². The fraction of sp³-hybridized carbons (Fsp3) is 0.308. The van der Waals surface area contributed by atoms with E-state index in [1.807, 2.05) is 45.0 Å². The van der Waals surface area contributed by atoms with E-state index >= 15 is 0 Å². The molecule has 1 aromatic carbocycles. The highest BCUT2D eigenvalue weighted by Gasteiger charge is 2.09. The maximum atomic E-state index is 5.87. The predicted molar refractivity (Wildman–Crippen MR) is 70.8 cm³/mol. The van der Waals surface area contributed by atoms with Crippen LogP contribution in [0.1, 0.15) is 19.4 Å². The number of nitrogens with zero attached hydrogens (tertiary/aromatic N) is 3. The molecule has 1 heterocycles. The molecule has 0 radical (unpaired) electrons. The van der Waals surface area contributed by atoms with Gasteiger partial charge in [-0.15, -0.1) is 0 Å². The molecule has 0 aliphatic rings. The average Bonchev–Trinajstić information content (AvgIpc) is 2.28. The van der Waals surface area contributed by atoms with Crippen LogP contribution in [0.3, 0.4) is 0 Å². The summed E-state index contributed by atoms with van der Waals surface area (Å²) in [5, 5.41) is 0.135. The molecule has 2 aromatic rings. The molecule has 0 unspecified atom stereocenters. The van der Waals surface area contributed by atoms with Crippen molar-refractivity contribution in [2.75, 3.05) is 0 Å². The number of benzene rings is 1. The van der Waals surface area contributed by atoms with Crippen LogP contribution in [-0.2, 0) is 0 Å². The van der Waals surface area contributed by atoms with E-state index in [9.17, 15) is 0 Å². The van der Waals surface area contributed by atoms with Crippen LogP contribution in [0.2, 0.25) is 5.28 Å². The van der Waals surface area contributed by atoms with Gasteiger partial charge in [-0.2, -0.15) is 15.0 Å². The summed E-state index contributed by atoms with van der Waals surface area (Å²) in [6.45, 7) is 5.84. The second kappa shape index (κ2) is 5.31. The standard InChI is InChI=1S/C13H14ClN3O/c1-8(2)18-13-16-11(15-12(14)17-13)10-6-4-9(3)5-7-10/h4-8H,1-3H3. The van der Waals surface area contributed by atoms with Crippen LogP contribution in [-0.4, -0.2) is 21.1 Å². The van der Waals surface area contributed by atoms with Crippen LogP contribution in [0.15, 0.2) is 24.3 Å². The van der Waals surface area contributed by atoms with Crippen molar-refractivity contribution in [2.45, 2.75) is 26.9 Å². The first-order chi connectivity index (χ1) is 8.54. The Bertz CT molecular complexity index is 540. The van der Waals surface area contributed by atoms with Crippen molar-refractivity contribution in [2.24, 2.45) is 0 Å². The molecular formula is C13H14ClN3O. The van der Waals surface area contributed by atoms with Crippen LogP contribution in [0, 0.1) is 6.92 Å². The molecule has 0 N–H and O–H groups in total. The average molecular weight is 264 g/mol. The van der Waals surface area contributed by atoms with Gasteiger partial charge in [-0.1, -0.05) is 29.8 Å². The van der Waals surface area contributed by atoms with E-state index in [2.05, 4.69) is 15.0 Å². The van der Waals surface area contributed by atoms with Gasteiger partial charge in [-0.3, -0.25) is 0 Å². The highest BCUT2D eigenvalue weighted by Crippen LogP contribution is 2.19. The number of aryl methyl sites for hydroxylation is 1.